The number of fused-ring (bicyclic) bond motifs is 1. The largest absolute Gasteiger partial charge is 0.465 e. The standard InChI is InChI=1S/C13H13N3O2/c17-13(18)14-10-7-16(8-10)12-6-5-9-3-1-2-4-11(9)15-12/h1-6,10,14H,7-8H2,(H,17,18). The summed E-state index contributed by atoms with van der Waals surface area (Å²) in [5.41, 5.74) is 0.963. The smallest absolute Gasteiger partial charge is 0.405 e. The van der Waals surface area contributed by atoms with E-state index in [1.165, 1.54) is 0 Å². The first-order valence-corrected chi connectivity index (χ1v) is 5.82. The van der Waals surface area contributed by atoms with Gasteiger partial charge in [0.25, 0.3) is 0 Å². The fourth-order valence-corrected chi connectivity index (χ4v) is 2.16. The van der Waals surface area contributed by atoms with Gasteiger partial charge in [-0.15, -0.1) is 0 Å². The van der Waals surface area contributed by atoms with E-state index in [4.69, 9.17) is 5.11 Å². The van der Waals surface area contributed by atoms with Crippen LogP contribution in [0, 0.1) is 0 Å². The highest BCUT2D eigenvalue weighted by molar-refractivity contribution is 5.80. The van der Waals surface area contributed by atoms with Crippen LogP contribution in [0.2, 0.25) is 0 Å². The number of benzene rings is 1. The molecule has 0 atom stereocenters. The summed E-state index contributed by atoms with van der Waals surface area (Å²) in [7, 11) is 0. The second kappa shape index (κ2) is 4.18. The molecular weight excluding hydrogens is 230 g/mol. The lowest BCUT2D eigenvalue weighted by molar-refractivity contribution is 0.187. The van der Waals surface area contributed by atoms with Gasteiger partial charge in [0.15, 0.2) is 0 Å². The molecule has 92 valence electrons. The summed E-state index contributed by atoms with van der Waals surface area (Å²) in [6, 6.07) is 12.0. The maximum atomic E-state index is 10.5. The van der Waals surface area contributed by atoms with Gasteiger partial charge < -0.3 is 15.3 Å². The third kappa shape index (κ3) is 1.95. The maximum absolute atomic E-state index is 10.5. The van der Waals surface area contributed by atoms with E-state index in [2.05, 4.69) is 15.2 Å². The molecule has 1 amide bonds. The third-order valence-corrected chi connectivity index (χ3v) is 3.12. The van der Waals surface area contributed by atoms with Crippen molar-refractivity contribution >= 4 is 22.8 Å². The molecule has 1 fully saturated rings. The molecule has 1 aliphatic heterocycles. The number of nitrogens with one attached hydrogen (secondary N) is 1. The average molecular weight is 243 g/mol. The molecule has 0 spiro atoms. The van der Waals surface area contributed by atoms with Gasteiger partial charge >= 0.3 is 6.09 Å². The molecule has 0 bridgehead atoms. The number of carbonyl (C=O) groups is 1. The maximum Gasteiger partial charge on any atom is 0.405 e. The Balaban J connectivity index is 1.74. The summed E-state index contributed by atoms with van der Waals surface area (Å²) >= 11 is 0. The fraction of sp³-hybridized carbons (Fsp3) is 0.231. The normalized spacial score (nSPS) is 15.4. The molecule has 1 aromatic carbocycles. The van der Waals surface area contributed by atoms with Crippen LogP contribution in [-0.4, -0.2) is 35.3 Å². The number of amides is 1. The van der Waals surface area contributed by atoms with Crippen molar-refractivity contribution in [3.63, 3.8) is 0 Å². The van der Waals surface area contributed by atoms with Crippen molar-refractivity contribution in [3.05, 3.63) is 36.4 Å². The number of aromatic nitrogens is 1. The van der Waals surface area contributed by atoms with E-state index in [0.29, 0.717) is 13.1 Å². The van der Waals surface area contributed by atoms with E-state index in [1.54, 1.807) is 0 Å². The van der Waals surface area contributed by atoms with E-state index >= 15 is 0 Å². The molecule has 0 radical (unpaired) electrons. The third-order valence-electron chi connectivity index (χ3n) is 3.12. The monoisotopic (exact) mass is 243 g/mol. The van der Waals surface area contributed by atoms with Crippen molar-refractivity contribution < 1.29 is 9.90 Å². The number of para-hydroxylation sites is 1. The predicted octanol–water partition coefficient (Wildman–Crippen LogP) is 1.69. The van der Waals surface area contributed by atoms with Crippen LogP contribution in [0.25, 0.3) is 10.9 Å². The summed E-state index contributed by atoms with van der Waals surface area (Å²) < 4.78 is 0. The van der Waals surface area contributed by atoms with Crippen molar-refractivity contribution in [1.82, 2.24) is 10.3 Å². The molecule has 18 heavy (non-hydrogen) atoms. The average Bonchev–Trinajstić information content (AvgIpc) is 2.32. The van der Waals surface area contributed by atoms with Gasteiger partial charge in [0, 0.05) is 18.5 Å². The molecule has 3 rings (SSSR count). The fourth-order valence-electron chi connectivity index (χ4n) is 2.16. The van der Waals surface area contributed by atoms with Crippen LogP contribution in [0.4, 0.5) is 10.6 Å². The van der Waals surface area contributed by atoms with Crippen LogP contribution in [0.3, 0.4) is 0 Å². The van der Waals surface area contributed by atoms with Crippen LogP contribution in [0.5, 0.6) is 0 Å². The molecular formula is C13H13N3O2. The quantitative estimate of drug-likeness (QED) is 0.842. The first-order valence-electron chi connectivity index (χ1n) is 5.82. The zero-order valence-electron chi connectivity index (χ0n) is 9.71. The van der Waals surface area contributed by atoms with Gasteiger partial charge in [-0.2, -0.15) is 0 Å². The van der Waals surface area contributed by atoms with Gasteiger partial charge in [0.2, 0.25) is 0 Å². The lowest BCUT2D eigenvalue weighted by atomic mass is 10.1. The number of anilines is 1. The van der Waals surface area contributed by atoms with Crippen molar-refractivity contribution in [3.8, 4) is 0 Å². The summed E-state index contributed by atoms with van der Waals surface area (Å²) in [6.45, 7) is 1.36. The van der Waals surface area contributed by atoms with Crippen LogP contribution in [0.1, 0.15) is 0 Å². The Kier molecular flexibility index (Phi) is 2.51. The van der Waals surface area contributed by atoms with E-state index in [1.807, 2.05) is 36.4 Å². The lowest BCUT2D eigenvalue weighted by Crippen LogP contribution is -2.59. The van der Waals surface area contributed by atoms with E-state index in [0.717, 1.165) is 16.7 Å². The minimum atomic E-state index is -0.967. The summed E-state index contributed by atoms with van der Waals surface area (Å²) in [5, 5.41) is 12.2. The first kappa shape index (κ1) is 10.8. The van der Waals surface area contributed by atoms with Crippen molar-refractivity contribution in [2.24, 2.45) is 0 Å². The van der Waals surface area contributed by atoms with Crippen LogP contribution < -0.4 is 10.2 Å². The molecule has 1 saturated heterocycles. The number of rotatable bonds is 2. The Morgan fingerprint density at radius 2 is 2.06 bits per heavy atom. The highest BCUT2D eigenvalue weighted by Crippen LogP contribution is 2.21. The van der Waals surface area contributed by atoms with Crippen molar-refractivity contribution in [1.29, 1.82) is 0 Å². The Bertz CT molecular complexity index is 594. The second-order valence-corrected chi connectivity index (χ2v) is 4.41. The van der Waals surface area contributed by atoms with E-state index < -0.39 is 6.09 Å². The SMILES string of the molecule is O=C(O)NC1CN(c2ccc3ccccc3n2)C1. The van der Waals surface area contributed by atoms with Crippen molar-refractivity contribution in [2.45, 2.75) is 6.04 Å². The Morgan fingerprint density at radius 1 is 1.28 bits per heavy atom. The molecule has 5 nitrogen and oxygen atoms in total. The first-order chi connectivity index (χ1) is 8.72. The molecule has 1 aliphatic rings. The Morgan fingerprint density at radius 3 is 2.83 bits per heavy atom. The van der Waals surface area contributed by atoms with Gasteiger partial charge in [-0.05, 0) is 18.2 Å². The highest BCUT2D eigenvalue weighted by atomic mass is 16.4. The van der Waals surface area contributed by atoms with Gasteiger partial charge in [-0.3, -0.25) is 0 Å². The molecule has 2 N–H and O–H groups in total. The highest BCUT2D eigenvalue weighted by Gasteiger charge is 2.28. The predicted molar refractivity (Wildman–Crippen MR) is 68.9 cm³/mol. The lowest BCUT2D eigenvalue weighted by Gasteiger charge is -2.39. The van der Waals surface area contributed by atoms with Crippen LogP contribution in [-0.2, 0) is 0 Å². The van der Waals surface area contributed by atoms with Gasteiger partial charge in [0.1, 0.15) is 5.82 Å². The zero-order valence-corrected chi connectivity index (χ0v) is 9.71. The zero-order chi connectivity index (χ0) is 12.5. The molecule has 0 aliphatic carbocycles. The number of pyridine rings is 1. The van der Waals surface area contributed by atoms with Crippen molar-refractivity contribution in [2.75, 3.05) is 18.0 Å². The number of hydrogen-bond acceptors (Lipinski definition) is 3. The summed E-state index contributed by atoms with van der Waals surface area (Å²) in [4.78, 5) is 17.1. The Labute approximate surface area is 104 Å². The topological polar surface area (TPSA) is 65.5 Å². The minimum absolute atomic E-state index is 0.00997. The van der Waals surface area contributed by atoms with Gasteiger partial charge in [-0.25, -0.2) is 9.78 Å². The van der Waals surface area contributed by atoms with Gasteiger partial charge in [0.05, 0.1) is 11.6 Å². The molecule has 0 unspecified atom stereocenters. The molecule has 1 aromatic heterocycles. The van der Waals surface area contributed by atoms with E-state index in [-0.39, 0.29) is 6.04 Å². The summed E-state index contributed by atoms with van der Waals surface area (Å²) in [5.74, 6) is 0.900. The van der Waals surface area contributed by atoms with Crippen LogP contribution in [0.15, 0.2) is 36.4 Å². The van der Waals surface area contributed by atoms with E-state index in [9.17, 15) is 4.79 Å². The molecule has 5 heteroatoms. The number of hydrogen-bond donors (Lipinski definition) is 2. The minimum Gasteiger partial charge on any atom is -0.465 e. The molecule has 2 heterocycles. The second-order valence-electron chi connectivity index (χ2n) is 4.41. The Hall–Kier alpha value is -2.30. The number of carboxylic acid groups (broad SMARTS) is 1. The van der Waals surface area contributed by atoms with Gasteiger partial charge in [-0.1, -0.05) is 18.2 Å². The van der Waals surface area contributed by atoms with Crippen LogP contribution >= 0.6 is 0 Å². The molecule has 2 aromatic rings. The number of nitrogens with zero attached hydrogens (tertiary/aromatic N) is 2. The summed E-state index contributed by atoms with van der Waals surface area (Å²) in [6.07, 6.45) is -0.967. The molecule has 0 saturated carbocycles.